The van der Waals surface area contributed by atoms with E-state index in [1.54, 1.807) is 36.7 Å². The zero-order chi connectivity index (χ0) is 18.8. The first-order valence-corrected chi connectivity index (χ1v) is 8.64. The highest BCUT2D eigenvalue weighted by molar-refractivity contribution is 6.39. The molecule has 0 aliphatic carbocycles. The minimum absolute atomic E-state index is 0.280. The maximum atomic E-state index is 13.0. The normalized spacial score (nSPS) is 14.4. The molecule has 3 aromatic rings. The van der Waals surface area contributed by atoms with Crippen LogP contribution in [0.1, 0.15) is 0 Å². The van der Waals surface area contributed by atoms with Gasteiger partial charge in [0.25, 0.3) is 0 Å². The van der Waals surface area contributed by atoms with E-state index in [-0.39, 0.29) is 5.82 Å². The molecule has 0 unspecified atom stereocenters. The lowest BCUT2D eigenvalue weighted by atomic mass is 10.2. The average Bonchev–Trinajstić information content (AvgIpc) is 3.16. The molecule has 27 heavy (non-hydrogen) atoms. The average molecular weight is 367 g/mol. The Morgan fingerprint density at radius 1 is 1.04 bits per heavy atom. The van der Waals surface area contributed by atoms with Crippen LogP contribution in [0.15, 0.2) is 48.8 Å². The molecular formula is C19H18FN5O2. The second kappa shape index (κ2) is 7.06. The van der Waals surface area contributed by atoms with E-state index in [1.165, 1.54) is 17.0 Å². The number of carbonyl (C=O) groups is 2. The number of imidazole rings is 1. The number of H-pyrrole nitrogens is 1. The molecule has 4 rings (SSSR count). The molecule has 0 bridgehead atoms. The smallest absolute Gasteiger partial charge is 0.313 e. The fourth-order valence-electron chi connectivity index (χ4n) is 3.16. The number of nitrogens with one attached hydrogen (secondary N) is 2. The molecule has 2 amide bonds. The van der Waals surface area contributed by atoms with Gasteiger partial charge in [-0.15, -0.1) is 0 Å². The molecule has 8 heteroatoms. The zero-order valence-electron chi connectivity index (χ0n) is 14.5. The van der Waals surface area contributed by atoms with Crippen LogP contribution in [0, 0.1) is 5.82 Å². The van der Waals surface area contributed by atoms with Crippen molar-refractivity contribution in [3.05, 3.63) is 54.6 Å². The number of anilines is 2. The number of piperazine rings is 1. The molecule has 2 N–H and O–H groups in total. The predicted octanol–water partition coefficient (Wildman–Crippen LogP) is 1.99. The van der Waals surface area contributed by atoms with Gasteiger partial charge < -0.3 is 20.1 Å². The summed E-state index contributed by atoms with van der Waals surface area (Å²) in [6.07, 6.45) is 1.57. The number of fused-ring (bicyclic) bond motifs is 1. The molecule has 0 spiro atoms. The second-order valence-corrected chi connectivity index (χ2v) is 6.34. The van der Waals surface area contributed by atoms with Gasteiger partial charge in [0, 0.05) is 37.6 Å². The summed E-state index contributed by atoms with van der Waals surface area (Å²) in [5, 5.41) is 2.64. The molecule has 1 saturated heterocycles. The number of carbonyl (C=O) groups excluding carboxylic acids is 2. The van der Waals surface area contributed by atoms with E-state index in [9.17, 15) is 14.0 Å². The minimum Gasteiger partial charge on any atom is -0.368 e. The van der Waals surface area contributed by atoms with Gasteiger partial charge in [0.05, 0.1) is 17.4 Å². The van der Waals surface area contributed by atoms with E-state index < -0.39 is 11.8 Å². The first-order chi connectivity index (χ1) is 13.1. The Bertz CT molecular complexity index is 977. The highest BCUT2D eigenvalue weighted by Crippen LogP contribution is 2.18. The van der Waals surface area contributed by atoms with Crippen molar-refractivity contribution in [2.24, 2.45) is 0 Å². The zero-order valence-corrected chi connectivity index (χ0v) is 14.5. The number of hydrogen-bond acceptors (Lipinski definition) is 4. The number of hydrogen-bond donors (Lipinski definition) is 2. The van der Waals surface area contributed by atoms with Gasteiger partial charge in [-0.3, -0.25) is 9.59 Å². The molecule has 0 atom stereocenters. The van der Waals surface area contributed by atoms with Gasteiger partial charge in [0.1, 0.15) is 5.82 Å². The third kappa shape index (κ3) is 3.59. The molecule has 0 radical (unpaired) electrons. The molecule has 2 heterocycles. The molecule has 7 nitrogen and oxygen atoms in total. The molecule has 1 aromatic heterocycles. The van der Waals surface area contributed by atoms with Crippen molar-refractivity contribution in [1.29, 1.82) is 0 Å². The Balaban J connectivity index is 1.35. The van der Waals surface area contributed by atoms with Gasteiger partial charge in [-0.1, -0.05) is 0 Å². The summed E-state index contributed by atoms with van der Waals surface area (Å²) < 4.78 is 13.0. The highest BCUT2D eigenvalue weighted by Gasteiger charge is 2.26. The molecular weight excluding hydrogens is 349 g/mol. The summed E-state index contributed by atoms with van der Waals surface area (Å²) >= 11 is 0. The van der Waals surface area contributed by atoms with Crippen molar-refractivity contribution in [1.82, 2.24) is 14.9 Å². The van der Waals surface area contributed by atoms with E-state index in [0.717, 1.165) is 16.7 Å². The number of benzene rings is 2. The second-order valence-electron chi connectivity index (χ2n) is 6.34. The van der Waals surface area contributed by atoms with Crippen molar-refractivity contribution >= 4 is 34.2 Å². The predicted molar refractivity (Wildman–Crippen MR) is 99.9 cm³/mol. The summed E-state index contributed by atoms with van der Waals surface area (Å²) in [6, 6.07) is 11.5. The molecule has 1 aliphatic heterocycles. The number of nitrogens with zero attached hydrogens (tertiary/aromatic N) is 3. The number of halogens is 1. The Morgan fingerprint density at radius 2 is 1.78 bits per heavy atom. The van der Waals surface area contributed by atoms with Crippen LogP contribution in [-0.4, -0.2) is 52.9 Å². The number of rotatable bonds is 2. The largest absolute Gasteiger partial charge is 0.368 e. The molecule has 1 fully saturated rings. The van der Waals surface area contributed by atoms with Crippen LogP contribution in [0.5, 0.6) is 0 Å². The number of amides is 2. The molecule has 2 aromatic carbocycles. The lowest BCUT2D eigenvalue weighted by Crippen LogP contribution is -2.51. The van der Waals surface area contributed by atoms with Crippen molar-refractivity contribution in [2.75, 3.05) is 36.4 Å². The van der Waals surface area contributed by atoms with Crippen LogP contribution >= 0.6 is 0 Å². The topological polar surface area (TPSA) is 81.3 Å². The van der Waals surface area contributed by atoms with Crippen LogP contribution in [0.25, 0.3) is 11.0 Å². The van der Waals surface area contributed by atoms with Gasteiger partial charge in [0.15, 0.2) is 0 Å². The number of aromatic nitrogens is 2. The van der Waals surface area contributed by atoms with Crippen LogP contribution in [-0.2, 0) is 9.59 Å². The number of aromatic amines is 1. The van der Waals surface area contributed by atoms with Crippen LogP contribution in [0.4, 0.5) is 15.8 Å². The van der Waals surface area contributed by atoms with Crippen molar-refractivity contribution in [2.45, 2.75) is 0 Å². The van der Waals surface area contributed by atoms with Crippen molar-refractivity contribution < 1.29 is 14.0 Å². The summed E-state index contributed by atoms with van der Waals surface area (Å²) in [4.78, 5) is 35.4. The lowest BCUT2D eigenvalue weighted by Gasteiger charge is -2.35. The monoisotopic (exact) mass is 367 g/mol. The van der Waals surface area contributed by atoms with Gasteiger partial charge in [0.2, 0.25) is 0 Å². The summed E-state index contributed by atoms with van der Waals surface area (Å²) in [6.45, 7) is 2.04. The van der Waals surface area contributed by atoms with Gasteiger partial charge >= 0.3 is 11.8 Å². The molecule has 138 valence electrons. The fraction of sp³-hybridized carbons (Fsp3) is 0.211. The maximum absolute atomic E-state index is 13.0. The Labute approximate surface area is 154 Å². The van der Waals surface area contributed by atoms with E-state index in [1.807, 2.05) is 0 Å². The standard InChI is InChI=1S/C19H18FN5O2/c20-13-1-4-15(5-2-13)24-7-9-25(10-8-24)19(27)18(26)23-14-3-6-16-17(11-14)22-12-21-16/h1-6,11-12H,7-10H2,(H,21,22)(H,23,26). The SMILES string of the molecule is O=C(Nc1ccc2nc[nH]c2c1)C(=O)N1CCN(c2ccc(F)cc2)CC1. The molecule has 0 saturated carbocycles. The maximum Gasteiger partial charge on any atom is 0.313 e. The first-order valence-electron chi connectivity index (χ1n) is 8.64. The van der Waals surface area contributed by atoms with Crippen molar-refractivity contribution in [3.8, 4) is 0 Å². The Morgan fingerprint density at radius 3 is 2.52 bits per heavy atom. The summed E-state index contributed by atoms with van der Waals surface area (Å²) in [7, 11) is 0. The lowest BCUT2D eigenvalue weighted by molar-refractivity contribution is -0.143. The van der Waals surface area contributed by atoms with Gasteiger partial charge in [-0.2, -0.15) is 0 Å². The van der Waals surface area contributed by atoms with Crippen LogP contribution in [0.3, 0.4) is 0 Å². The van der Waals surface area contributed by atoms with E-state index >= 15 is 0 Å². The Hall–Kier alpha value is -3.42. The summed E-state index contributed by atoms with van der Waals surface area (Å²) in [5.41, 5.74) is 3.01. The molecule has 1 aliphatic rings. The van der Waals surface area contributed by atoms with E-state index in [2.05, 4.69) is 20.2 Å². The third-order valence-electron chi connectivity index (χ3n) is 4.63. The third-order valence-corrected chi connectivity index (χ3v) is 4.63. The highest BCUT2D eigenvalue weighted by atomic mass is 19.1. The van der Waals surface area contributed by atoms with Crippen LogP contribution in [0.2, 0.25) is 0 Å². The van der Waals surface area contributed by atoms with E-state index in [0.29, 0.717) is 31.9 Å². The van der Waals surface area contributed by atoms with E-state index in [4.69, 9.17) is 0 Å². The first kappa shape index (κ1) is 17.0. The summed E-state index contributed by atoms with van der Waals surface area (Å²) in [5.74, 6) is -1.50. The van der Waals surface area contributed by atoms with Gasteiger partial charge in [-0.25, -0.2) is 9.37 Å². The fourth-order valence-corrected chi connectivity index (χ4v) is 3.16. The minimum atomic E-state index is -0.663. The van der Waals surface area contributed by atoms with Crippen molar-refractivity contribution in [3.63, 3.8) is 0 Å². The Kier molecular flexibility index (Phi) is 4.45. The van der Waals surface area contributed by atoms with Gasteiger partial charge in [-0.05, 0) is 42.5 Å². The quantitative estimate of drug-likeness (QED) is 0.679. The van der Waals surface area contributed by atoms with Crippen LogP contribution < -0.4 is 10.2 Å².